The number of hydrogen-bond donors (Lipinski definition) is 2. The fraction of sp³-hybridized carbons (Fsp3) is 0.462. The van der Waals surface area contributed by atoms with Gasteiger partial charge in [0.15, 0.2) is 0 Å². The summed E-state index contributed by atoms with van der Waals surface area (Å²) >= 11 is 3.34. The van der Waals surface area contributed by atoms with E-state index in [9.17, 15) is 4.39 Å². The van der Waals surface area contributed by atoms with E-state index in [0.717, 1.165) is 11.0 Å². The van der Waals surface area contributed by atoms with Crippen LogP contribution in [0.4, 0.5) is 4.39 Å². The lowest BCUT2D eigenvalue weighted by atomic mass is 10.1. The van der Waals surface area contributed by atoms with Crippen molar-refractivity contribution in [1.29, 1.82) is 0 Å². The summed E-state index contributed by atoms with van der Waals surface area (Å²) in [7, 11) is 0. The molecule has 0 aromatic heterocycles. The van der Waals surface area contributed by atoms with Gasteiger partial charge in [-0.15, -0.1) is 0 Å². The van der Waals surface area contributed by atoms with E-state index in [4.69, 9.17) is 10.9 Å². The minimum Gasteiger partial charge on any atom is -0.409 e. The third-order valence-corrected chi connectivity index (χ3v) is 3.49. The van der Waals surface area contributed by atoms with Crippen LogP contribution in [0.2, 0.25) is 0 Å². The van der Waals surface area contributed by atoms with E-state index in [1.807, 2.05) is 18.7 Å². The summed E-state index contributed by atoms with van der Waals surface area (Å²) in [4.78, 5) is 2.05. The monoisotopic (exact) mass is 331 g/mol. The van der Waals surface area contributed by atoms with Gasteiger partial charge in [-0.1, -0.05) is 34.9 Å². The second-order valence-electron chi connectivity index (χ2n) is 4.49. The number of hydrogen-bond acceptors (Lipinski definition) is 3. The van der Waals surface area contributed by atoms with Crippen LogP contribution in [0.25, 0.3) is 0 Å². The summed E-state index contributed by atoms with van der Waals surface area (Å²) in [5, 5.41) is 11.6. The Morgan fingerprint density at radius 2 is 2.26 bits per heavy atom. The first-order chi connectivity index (χ1) is 8.97. The molecule has 0 bridgehead atoms. The smallest absolute Gasteiger partial charge is 0.143 e. The number of nitrogens with zero attached hydrogens (tertiary/aromatic N) is 2. The van der Waals surface area contributed by atoms with Crippen LogP contribution < -0.4 is 5.73 Å². The van der Waals surface area contributed by atoms with Crippen molar-refractivity contribution < 1.29 is 9.60 Å². The molecular formula is C13H19BrFN3O. The molecule has 1 rings (SSSR count). The van der Waals surface area contributed by atoms with Crippen LogP contribution >= 0.6 is 15.9 Å². The van der Waals surface area contributed by atoms with E-state index in [1.165, 1.54) is 6.07 Å². The van der Waals surface area contributed by atoms with E-state index < -0.39 is 0 Å². The zero-order chi connectivity index (χ0) is 14.4. The summed E-state index contributed by atoms with van der Waals surface area (Å²) in [5.41, 5.74) is 6.19. The zero-order valence-electron chi connectivity index (χ0n) is 11.1. The van der Waals surface area contributed by atoms with Crippen LogP contribution in [0.1, 0.15) is 19.4 Å². The Kier molecular flexibility index (Phi) is 6.24. The van der Waals surface area contributed by atoms with E-state index >= 15 is 0 Å². The highest BCUT2D eigenvalue weighted by atomic mass is 79.9. The molecule has 0 aliphatic rings. The van der Waals surface area contributed by atoms with Gasteiger partial charge in [0.25, 0.3) is 0 Å². The van der Waals surface area contributed by atoms with Gasteiger partial charge in [-0.25, -0.2) is 4.39 Å². The predicted octanol–water partition coefficient (Wildman–Crippen LogP) is 2.79. The molecule has 1 aromatic rings. The van der Waals surface area contributed by atoms with Crippen molar-refractivity contribution >= 4 is 21.8 Å². The summed E-state index contributed by atoms with van der Waals surface area (Å²) in [6.45, 7) is 5.72. The second-order valence-corrected chi connectivity index (χ2v) is 5.41. The first kappa shape index (κ1) is 15.9. The van der Waals surface area contributed by atoms with E-state index in [0.29, 0.717) is 18.7 Å². The minimum absolute atomic E-state index is 0.0832. The van der Waals surface area contributed by atoms with Gasteiger partial charge in [-0.2, -0.15) is 0 Å². The Bertz CT molecular complexity index is 454. The fourth-order valence-corrected chi connectivity index (χ4v) is 2.20. The molecule has 0 fully saturated rings. The lowest BCUT2D eigenvalue weighted by Gasteiger charge is -2.24. The van der Waals surface area contributed by atoms with Crippen molar-refractivity contribution in [3.8, 4) is 0 Å². The second kappa shape index (κ2) is 7.45. The topological polar surface area (TPSA) is 61.8 Å². The first-order valence-electron chi connectivity index (χ1n) is 6.11. The predicted molar refractivity (Wildman–Crippen MR) is 77.6 cm³/mol. The van der Waals surface area contributed by atoms with E-state index in [-0.39, 0.29) is 17.6 Å². The van der Waals surface area contributed by atoms with E-state index in [2.05, 4.69) is 21.1 Å². The van der Waals surface area contributed by atoms with Gasteiger partial charge >= 0.3 is 0 Å². The number of amidine groups is 1. The fourth-order valence-electron chi connectivity index (χ4n) is 1.79. The number of nitrogens with two attached hydrogens (primary N) is 1. The SMILES string of the molecule is CCN(Cc1cc(Br)ccc1F)CC(C)/C(N)=N/O. The quantitative estimate of drug-likeness (QED) is 0.364. The van der Waals surface area contributed by atoms with Crippen molar-refractivity contribution in [2.75, 3.05) is 13.1 Å². The number of rotatable bonds is 6. The zero-order valence-corrected chi connectivity index (χ0v) is 12.7. The Balaban J connectivity index is 2.74. The van der Waals surface area contributed by atoms with Crippen LogP contribution in [-0.2, 0) is 6.54 Å². The molecule has 3 N–H and O–H groups in total. The van der Waals surface area contributed by atoms with Crippen LogP contribution in [0.3, 0.4) is 0 Å². The van der Waals surface area contributed by atoms with Crippen LogP contribution in [-0.4, -0.2) is 29.0 Å². The molecule has 1 unspecified atom stereocenters. The highest BCUT2D eigenvalue weighted by molar-refractivity contribution is 9.10. The molecule has 0 heterocycles. The summed E-state index contributed by atoms with van der Waals surface area (Å²) in [6, 6.07) is 4.89. The highest BCUT2D eigenvalue weighted by Crippen LogP contribution is 2.17. The molecule has 106 valence electrons. The Morgan fingerprint density at radius 3 is 2.84 bits per heavy atom. The minimum atomic E-state index is -0.224. The van der Waals surface area contributed by atoms with E-state index in [1.54, 1.807) is 12.1 Å². The first-order valence-corrected chi connectivity index (χ1v) is 6.90. The van der Waals surface area contributed by atoms with Crippen LogP contribution in [0.15, 0.2) is 27.8 Å². The van der Waals surface area contributed by atoms with Crippen molar-refractivity contribution in [1.82, 2.24) is 4.90 Å². The number of benzene rings is 1. The molecule has 0 aliphatic carbocycles. The van der Waals surface area contributed by atoms with Crippen molar-refractivity contribution in [2.45, 2.75) is 20.4 Å². The largest absolute Gasteiger partial charge is 0.409 e. The average molecular weight is 332 g/mol. The molecule has 0 aliphatic heterocycles. The molecule has 0 radical (unpaired) electrons. The highest BCUT2D eigenvalue weighted by Gasteiger charge is 2.14. The van der Waals surface area contributed by atoms with Gasteiger partial charge in [0.2, 0.25) is 0 Å². The molecule has 4 nitrogen and oxygen atoms in total. The van der Waals surface area contributed by atoms with Gasteiger partial charge in [0, 0.05) is 29.0 Å². The molecule has 0 saturated heterocycles. The third kappa shape index (κ3) is 4.80. The lowest BCUT2D eigenvalue weighted by molar-refractivity contribution is 0.254. The van der Waals surface area contributed by atoms with Gasteiger partial charge < -0.3 is 10.9 Å². The molecule has 0 spiro atoms. The third-order valence-electron chi connectivity index (χ3n) is 3.00. The van der Waals surface area contributed by atoms with Gasteiger partial charge in [0.1, 0.15) is 11.7 Å². The summed E-state index contributed by atoms with van der Waals surface area (Å²) in [6.07, 6.45) is 0. The maximum Gasteiger partial charge on any atom is 0.143 e. The number of halogens is 2. The van der Waals surface area contributed by atoms with Gasteiger partial charge in [0.05, 0.1) is 0 Å². The molecule has 1 aromatic carbocycles. The molecular weight excluding hydrogens is 313 g/mol. The Hall–Kier alpha value is -1.14. The summed E-state index contributed by atoms with van der Waals surface area (Å²) in [5.74, 6) is -0.119. The molecule has 1 atom stereocenters. The molecule has 0 amide bonds. The maximum atomic E-state index is 13.7. The van der Waals surface area contributed by atoms with Crippen molar-refractivity contribution in [3.05, 3.63) is 34.1 Å². The van der Waals surface area contributed by atoms with Crippen molar-refractivity contribution in [2.24, 2.45) is 16.8 Å². The molecule has 19 heavy (non-hydrogen) atoms. The Morgan fingerprint density at radius 1 is 1.58 bits per heavy atom. The molecule has 0 saturated carbocycles. The Labute approximate surface area is 121 Å². The lowest BCUT2D eigenvalue weighted by Crippen LogP contribution is -2.34. The molecule has 6 heteroatoms. The van der Waals surface area contributed by atoms with Crippen molar-refractivity contribution in [3.63, 3.8) is 0 Å². The van der Waals surface area contributed by atoms with Gasteiger partial charge in [-0.05, 0) is 24.7 Å². The maximum absolute atomic E-state index is 13.7. The average Bonchev–Trinajstić information content (AvgIpc) is 2.40. The summed E-state index contributed by atoms with van der Waals surface area (Å²) < 4.78 is 14.5. The van der Waals surface area contributed by atoms with Gasteiger partial charge in [-0.3, -0.25) is 4.90 Å². The van der Waals surface area contributed by atoms with Crippen LogP contribution in [0.5, 0.6) is 0 Å². The normalized spacial score (nSPS) is 13.8. The number of oxime groups is 1. The standard InChI is InChI=1S/C13H19BrFN3O/c1-3-18(7-9(2)13(16)17-19)8-10-6-11(14)4-5-12(10)15/h4-6,9,19H,3,7-8H2,1-2H3,(H2,16,17). The van der Waals surface area contributed by atoms with Crippen LogP contribution in [0, 0.1) is 11.7 Å².